The minimum atomic E-state index is -2.97. The molecule has 132 valence electrons. The SMILES string of the molecule is CCS(=O)(=O)C1CCN(C(=O)NCCC2=CCCCCC2)CC1. The van der Waals surface area contributed by atoms with Crippen LogP contribution in [0, 0.1) is 0 Å². The molecule has 0 aromatic carbocycles. The maximum atomic E-state index is 12.2. The number of allylic oxidation sites excluding steroid dienone is 1. The van der Waals surface area contributed by atoms with E-state index in [0.717, 1.165) is 12.8 Å². The number of carbonyl (C=O) groups is 1. The number of hydrogen-bond acceptors (Lipinski definition) is 3. The largest absolute Gasteiger partial charge is 0.338 e. The Balaban J connectivity index is 1.70. The second-order valence-corrected chi connectivity index (χ2v) is 9.15. The highest BCUT2D eigenvalue weighted by Gasteiger charge is 2.30. The first kappa shape index (κ1) is 18.3. The Hall–Kier alpha value is -1.04. The van der Waals surface area contributed by atoms with Crippen molar-refractivity contribution in [3.63, 3.8) is 0 Å². The molecule has 2 aliphatic rings. The average molecular weight is 343 g/mol. The predicted molar refractivity (Wildman–Crippen MR) is 93.2 cm³/mol. The molecule has 23 heavy (non-hydrogen) atoms. The van der Waals surface area contributed by atoms with Crippen LogP contribution in [-0.4, -0.2) is 50.0 Å². The zero-order chi connectivity index (χ0) is 16.7. The van der Waals surface area contributed by atoms with E-state index in [1.54, 1.807) is 11.8 Å². The van der Waals surface area contributed by atoms with Crippen molar-refractivity contribution in [3.05, 3.63) is 11.6 Å². The van der Waals surface area contributed by atoms with Gasteiger partial charge in [0.05, 0.1) is 5.25 Å². The van der Waals surface area contributed by atoms with Crippen LogP contribution in [0.5, 0.6) is 0 Å². The fourth-order valence-corrected chi connectivity index (χ4v) is 4.80. The summed E-state index contributed by atoms with van der Waals surface area (Å²) < 4.78 is 23.8. The molecular formula is C17H30N2O3S. The number of carbonyl (C=O) groups excluding carboxylic acids is 1. The number of sulfone groups is 1. The molecule has 2 amide bonds. The van der Waals surface area contributed by atoms with Gasteiger partial charge in [0.2, 0.25) is 0 Å². The first-order chi connectivity index (χ1) is 11.0. The molecule has 0 aromatic heterocycles. The van der Waals surface area contributed by atoms with Crippen LogP contribution in [0.3, 0.4) is 0 Å². The fourth-order valence-electron chi connectivity index (χ4n) is 3.40. The van der Waals surface area contributed by atoms with Crippen LogP contribution in [0.25, 0.3) is 0 Å². The van der Waals surface area contributed by atoms with E-state index >= 15 is 0 Å². The Labute approximate surface area is 140 Å². The maximum Gasteiger partial charge on any atom is 0.317 e. The molecule has 0 atom stereocenters. The van der Waals surface area contributed by atoms with Gasteiger partial charge in [-0.2, -0.15) is 0 Å². The van der Waals surface area contributed by atoms with Gasteiger partial charge in [-0.1, -0.05) is 25.0 Å². The standard InChI is InChI=1S/C17H30N2O3S/c1-2-23(21,22)16-10-13-19(14-11-16)17(20)18-12-9-15-7-5-3-4-6-8-15/h7,16H,2-6,8-14H2,1H3,(H,18,20). The fraction of sp³-hybridized carbons (Fsp3) is 0.824. The van der Waals surface area contributed by atoms with Crippen molar-refractivity contribution < 1.29 is 13.2 Å². The summed E-state index contributed by atoms with van der Waals surface area (Å²) in [6, 6.07) is -0.0495. The molecule has 0 radical (unpaired) electrons. The molecule has 1 fully saturated rings. The van der Waals surface area contributed by atoms with E-state index in [1.165, 1.54) is 31.3 Å². The molecular weight excluding hydrogens is 312 g/mol. The van der Waals surface area contributed by atoms with Crippen LogP contribution in [0.15, 0.2) is 11.6 Å². The third-order valence-corrected chi connectivity index (χ3v) is 7.29. The number of nitrogens with zero attached hydrogens (tertiary/aromatic N) is 1. The topological polar surface area (TPSA) is 66.5 Å². The van der Waals surface area contributed by atoms with E-state index in [2.05, 4.69) is 11.4 Å². The van der Waals surface area contributed by atoms with Crippen LogP contribution in [0.1, 0.15) is 58.3 Å². The number of nitrogens with one attached hydrogen (secondary N) is 1. The van der Waals surface area contributed by atoms with Crippen LogP contribution < -0.4 is 5.32 Å². The summed E-state index contributed by atoms with van der Waals surface area (Å²) in [5, 5.41) is 2.71. The molecule has 1 N–H and O–H groups in total. The second-order valence-electron chi connectivity index (χ2n) is 6.58. The summed E-state index contributed by atoms with van der Waals surface area (Å²) >= 11 is 0. The molecule has 1 saturated heterocycles. The Bertz CT molecular complexity index is 520. The molecule has 0 saturated carbocycles. The molecule has 6 heteroatoms. The van der Waals surface area contributed by atoms with Gasteiger partial charge in [0.1, 0.15) is 0 Å². The number of likely N-dealkylation sites (tertiary alicyclic amines) is 1. The van der Waals surface area contributed by atoms with Gasteiger partial charge in [-0.05, 0) is 44.9 Å². The summed E-state index contributed by atoms with van der Waals surface area (Å²) in [5.74, 6) is 0.193. The molecule has 5 nitrogen and oxygen atoms in total. The maximum absolute atomic E-state index is 12.2. The third-order valence-electron chi connectivity index (χ3n) is 5.00. The normalized spacial score (nSPS) is 20.7. The summed E-state index contributed by atoms with van der Waals surface area (Å²) in [4.78, 5) is 13.9. The molecule has 2 rings (SSSR count). The van der Waals surface area contributed by atoms with Crippen LogP contribution in [-0.2, 0) is 9.84 Å². The van der Waals surface area contributed by atoms with Gasteiger partial charge >= 0.3 is 6.03 Å². The first-order valence-electron chi connectivity index (χ1n) is 8.95. The third kappa shape index (κ3) is 5.52. The van der Waals surface area contributed by atoms with Crippen molar-refractivity contribution >= 4 is 15.9 Å². The highest BCUT2D eigenvalue weighted by Crippen LogP contribution is 2.20. The minimum Gasteiger partial charge on any atom is -0.338 e. The molecule has 0 aromatic rings. The zero-order valence-corrected chi connectivity index (χ0v) is 15.0. The second kappa shape index (κ2) is 8.71. The molecule has 0 unspecified atom stereocenters. The van der Waals surface area contributed by atoms with Gasteiger partial charge in [-0.15, -0.1) is 0 Å². The quantitative estimate of drug-likeness (QED) is 0.781. The number of amides is 2. The number of hydrogen-bond donors (Lipinski definition) is 1. The minimum absolute atomic E-state index is 0.0495. The molecule has 0 spiro atoms. The van der Waals surface area contributed by atoms with E-state index in [9.17, 15) is 13.2 Å². The Morgan fingerprint density at radius 2 is 2.00 bits per heavy atom. The van der Waals surface area contributed by atoms with Crippen LogP contribution >= 0.6 is 0 Å². The van der Waals surface area contributed by atoms with E-state index in [0.29, 0.717) is 32.5 Å². The van der Waals surface area contributed by atoms with E-state index < -0.39 is 9.84 Å². The van der Waals surface area contributed by atoms with Crippen molar-refractivity contribution in [1.29, 1.82) is 0 Å². The predicted octanol–water partition coefficient (Wildman–Crippen LogP) is 2.88. The number of piperidine rings is 1. The number of urea groups is 1. The Morgan fingerprint density at radius 3 is 2.70 bits per heavy atom. The van der Waals surface area contributed by atoms with E-state index in [-0.39, 0.29) is 17.0 Å². The lowest BCUT2D eigenvalue weighted by atomic mass is 10.1. The van der Waals surface area contributed by atoms with Crippen molar-refractivity contribution in [2.75, 3.05) is 25.4 Å². The molecule has 1 heterocycles. The van der Waals surface area contributed by atoms with Crippen molar-refractivity contribution in [3.8, 4) is 0 Å². The lowest BCUT2D eigenvalue weighted by Crippen LogP contribution is -2.47. The number of rotatable bonds is 5. The van der Waals surface area contributed by atoms with Gasteiger partial charge in [-0.3, -0.25) is 0 Å². The lowest BCUT2D eigenvalue weighted by Gasteiger charge is -2.31. The molecule has 0 bridgehead atoms. The van der Waals surface area contributed by atoms with Crippen LogP contribution in [0.2, 0.25) is 0 Å². The summed E-state index contributed by atoms with van der Waals surface area (Å²) in [7, 11) is -2.97. The molecule has 1 aliphatic carbocycles. The average Bonchev–Trinajstić information content (AvgIpc) is 2.83. The Morgan fingerprint density at radius 1 is 1.26 bits per heavy atom. The van der Waals surface area contributed by atoms with Crippen molar-refractivity contribution in [2.45, 2.75) is 63.5 Å². The summed E-state index contributed by atoms with van der Waals surface area (Å²) in [6.07, 6.45) is 10.6. The van der Waals surface area contributed by atoms with Gasteiger partial charge in [0.15, 0.2) is 9.84 Å². The van der Waals surface area contributed by atoms with E-state index in [4.69, 9.17) is 0 Å². The van der Waals surface area contributed by atoms with Crippen molar-refractivity contribution in [1.82, 2.24) is 10.2 Å². The van der Waals surface area contributed by atoms with Crippen molar-refractivity contribution in [2.24, 2.45) is 0 Å². The van der Waals surface area contributed by atoms with E-state index in [1.807, 2.05) is 0 Å². The summed E-state index contributed by atoms with van der Waals surface area (Å²) in [5.41, 5.74) is 1.47. The highest BCUT2D eigenvalue weighted by molar-refractivity contribution is 7.92. The van der Waals surface area contributed by atoms with Crippen LogP contribution in [0.4, 0.5) is 4.79 Å². The first-order valence-corrected chi connectivity index (χ1v) is 10.7. The molecule has 1 aliphatic heterocycles. The van der Waals surface area contributed by atoms with Gasteiger partial charge in [-0.25, -0.2) is 13.2 Å². The highest BCUT2D eigenvalue weighted by atomic mass is 32.2. The van der Waals surface area contributed by atoms with Gasteiger partial charge in [0.25, 0.3) is 0 Å². The lowest BCUT2D eigenvalue weighted by molar-refractivity contribution is 0.187. The smallest absolute Gasteiger partial charge is 0.317 e. The monoisotopic (exact) mass is 342 g/mol. The summed E-state index contributed by atoms with van der Waals surface area (Å²) in [6.45, 7) is 3.45. The van der Waals surface area contributed by atoms with Gasteiger partial charge < -0.3 is 10.2 Å². The zero-order valence-electron chi connectivity index (χ0n) is 14.2. The Kier molecular flexibility index (Phi) is 6.93. The van der Waals surface area contributed by atoms with Gasteiger partial charge in [0, 0.05) is 25.4 Å².